The minimum Gasteiger partial charge on any atom is -0.392 e. The van der Waals surface area contributed by atoms with Gasteiger partial charge in [-0.05, 0) is 54.3 Å². The summed E-state index contributed by atoms with van der Waals surface area (Å²) in [5, 5.41) is 16.6. The van der Waals surface area contributed by atoms with Gasteiger partial charge in [0.1, 0.15) is 0 Å². The number of halogens is 1. The summed E-state index contributed by atoms with van der Waals surface area (Å²) in [5.74, 6) is -0.0368. The molecule has 7 heteroatoms. The second-order valence-corrected chi connectivity index (χ2v) is 9.21. The Bertz CT molecular complexity index is 1250. The molecule has 1 aliphatic heterocycles. The molecule has 1 fully saturated rings. The Labute approximate surface area is 203 Å². The maximum Gasteiger partial charge on any atom is 0.238 e. The van der Waals surface area contributed by atoms with E-state index < -0.39 is 0 Å². The van der Waals surface area contributed by atoms with E-state index in [1.807, 2.05) is 42.5 Å². The molecular formula is C27H26ClN3O3. The third-order valence-corrected chi connectivity index (χ3v) is 6.96. The van der Waals surface area contributed by atoms with Gasteiger partial charge in [-0.15, -0.1) is 0 Å². The molecule has 6 nitrogen and oxygen atoms in total. The third-order valence-electron chi connectivity index (χ3n) is 6.60. The standard InChI is InChI=1S/C27H26ClN3O3/c28-24-6-3-7-25(23(24)16-32)29-17-10-12-31(13-11-17)15-26(33)30-18-8-9-21-22(14-18)19-4-1-2-5-20(19)27(21)34/h1-9,14,17,29,32H,10-13,15-16H2,(H,30,33). The van der Waals surface area contributed by atoms with E-state index in [4.69, 9.17) is 11.6 Å². The van der Waals surface area contributed by atoms with Crippen LogP contribution in [0.2, 0.25) is 5.02 Å². The monoisotopic (exact) mass is 475 g/mol. The number of amides is 1. The van der Waals surface area contributed by atoms with Gasteiger partial charge in [0.2, 0.25) is 5.91 Å². The molecule has 0 atom stereocenters. The van der Waals surface area contributed by atoms with Gasteiger partial charge in [0, 0.05) is 52.2 Å². The van der Waals surface area contributed by atoms with Crippen LogP contribution in [-0.2, 0) is 11.4 Å². The van der Waals surface area contributed by atoms with E-state index in [2.05, 4.69) is 15.5 Å². The minimum atomic E-state index is -0.108. The van der Waals surface area contributed by atoms with E-state index in [9.17, 15) is 14.7 Å². The number of rotatable bonds is 6. The maximum absolute atomic E-state index is 12.7. The SMILES string of the molecule is O=C(CN1CCC(Nc2cccc(Cl)c2CO)CC1)Nc1ccc2c(c1)-c1ccccc1C2=O. The Morgan fingerprint density at radius 3 is 2.47 bits per heavy atom. The van der Waals surface area contributed by atoms with Gasteiger partial charge in [0.05, 0.1) is 13.2 Å². The summed E-state index contributed by atoms with van der Waals surface area (Å²) in [6.07, 6.45) is 1.78. The van der Waals surface area contributed by atoms with Crippen molar-refractivity contribution in [1.82, 2.24) is 4.90 Å². The number of anilines is 2. The summed E-state index contributed by atoms with van der Waals surface area (Å²) in [7, 11) is 0. The molecule has 0 bridgehead atoms. The Morgan fingerprint density at radius 2 is 1.71 bits per heavy atom. The van der Waals surface area contributed by atoms with Gasteiger partial charge in [-0.1, -0.05) is 41.9 Å². The molecule has 3 N–H and O–H groups in total. The Hall–Kier alpha value is -3.19. The van der Waals surface area contributed by atoms with Crippen LogP contribution in [0.25, 0.3) is 11.1 Å². The Kier molecular flexibility index (Phi) is 6.37. The molecule has 34 heavy (non-hydrogen) atoms. The fraction of sp³-hybridized carbons (Fsp3) is 0.259. The molecule has 1 heterocycles. The highest BCUT2D eigenvalue weighted by Gasteiger charge is 2.27. The van der Waals surface area contributed by atoms with Gasteiger partial charge in [-0.25, -0.2) is 0 Å². The van der Waals surface area contributed by atoms with Gasteiger partial charge in [-0.2, -0.15) is 0 Å². The predicted octanol–water partition coefficient (Wildman–Crippen LogP) is 4.56. The number of hydrogen-bond acceptors (Lipinski definition) is 5. The molecule has 2 aliphatic rings. The van der Waals surface area contributed by atoms with Crippen molar-refractivity contribution in [2.45, 2.75) is 25.5 Å². The van der Waals surface area contributed by atoms with Crippen molar-refractivity contribution in [3.8, 4) is 11.1 Å². The number of fused-ring (bicyclic) bond motifs is 3. The van der Waals surface area contributed by atoms with Crippen LogP contribution < -0.4 is 10.6 Å². The molecule has 3 aromatic rings. The number of aliphatic hydroxyl groups is 1. The molecule has 3 aromatic carbocycles. The number of aliphatic hydroxyl groups excluding tert-OH is 1. The first-order valence-corrected chi connectivity index (χ1v) is 11.9. The number of piperidine rings is 1. The highest BCUT2D eigenvalue weighted by Crippen LogP contribution is 2.37. The summed E-state index contributed by atoms with van der Waals surface area (Å²) in [4.78, 5) is 27.4. The number of carbonyl (C=O) groups excluding carboxylic acids is 2. The average Bonchev–Trinajstić information content (AvgIpc) is 3.12. The lowest BCUT2D eigenvalue weighted by Crippen LogP contribution is -2.42. The zero-order valence-corrected chi connectivity index (χ0v) is 19.4. The molecule has 1 amide bonds. The molecule has 5 rings (SSSR count). The normalized spacial score (nSPS) is 15.6. The van der Waals surface area contributed by atoms with Gasteiger partial charge in [-0.3, -0.25) is 14.5 Å². The average molecular weight is 476 g/mol. The number of benzene rings is 3. The predicted molar refractivity (Wildman–Crippen MR) is 134 cm³/mol. The first kappa shape index (κ1) is 22.6. The van der Waals surface area contributed by atoms with Gasteiger partial charge < -0.3 is 15.7 Å². The highest BCUT2D eigenvalue weighted by molar-refractivity contribution is 6.31. The summed E-state index contributed by atoms with van der Waals surface area (Å²) in [6, 6.07) is 18.9. The van der Waals surface area contributed by atoms with Crippen molar-refractivity contribution in [2.75, 3.05) is 30.3 Å². The zero-order valence-electron chi connectivity index (χ0n) is 18.7. The fourth-order valence-electron chi connectivity index (χ4n) is 4.82. The first-order chi connectivity index (χ1) is 16.5. The molecule has 0 saturated carbocycles. The summed E-state index contributed by atoms with van der Waals surface area (Å²) in [5.41, 5.74) is 5.44. The maximum atomic E-state index is 12.7. The first-order valence-electron chi connectivity index (χ1n) is 11.5. The molecule has 1 aliphatic carbocycles. The van der Waals surface area contributed by atoms with Crippen molar-refractivity contribution in [3.05, 3.63) is 82.4 Å². The number of nitrogens with zero attached hydrogens (tertiary/aromatic N) is 1. The van der Waals surface area contributed by atoms with E-state index >= 15 is 0 Å². The van der Waals surface area contributed by atoms with Gasteiger partial charge in [0.15, 0.2) is 5.78 Å². The molecule has 174 valence electrons. The van der Waals surface area contributed by atoms with Crippen LogP contribution in [0.15, 0.2) is 60.7 Å². The van der Waals surface area contributed by atoms with Crippen molar-refractivity contribution in [1.29, 1.82) is 0 Å². The third kappa shape index (κ3) is 4.44. The lowest BCUT2D eigenvalue weighted by atomic mass is 10.0. The van der Waals surface area contributed by atoms with Crippen LogP contribution in [0.4, 0.5) is 11.4 Å². The van der Waals surface area contributed by atoms with E-state index in [1.165, 1.54) is 0 Å². The largest absolute Gasteiger partial charge is 0.392 e. The van der Waals surface area contributed by atoms with Crippen molar-refractivity contribution in [2.24, 2.45) is 0 Å². The van der Waals surface area contributed by atoms with E-state index in [0.717, 1.165) is 42.7 Å². The Morgan fingerprint density at radius 1 is 0.971 bits per heavy atom. The molecule has 0 radical (unpaired) electrons. The second-order valence-electron chi connectivity index (χ2n) is 8.80. The fourth-order valence-corrected chi connectivity index (χ4v) is 5.05. The lowest BCUT2D eigenvalue weighted by Gasteiger charge is -2.32. The number of hydrogen-bond donors (Lipinski definition) is 3. The smallest absolute Gasteiger partial charge is 0.238 e. The van der Waals surface area contributed by atoms with Crippen LogP contribution in [0.5, 0.6) is 0 Å². The topological polar surface area (TPSA) is 81.7 Å². The van der Waals surface area contributed by atoms with Crippen LogP contribution in [0, 0.1) is 0 Å². The van der Waals surface area contributed by atoms with Crippen LogP contribution in [0.1, 0.15) is 34.3 Å². The van der Waals surface area contributed by atoms with E-state index in [1.54, 1.807) is 18.2 Å². The zero-order chi connectivity index (χ0) is 23.7. The number of carbonyl (C=O) groups is 2. The molecule has 0 aromatic heterocycles. The van der Waals surface area contributed by atoms with Crippen molar-refractivity contribution >= 4 is 34.7 Å². The van der Waals surface area contributed by atoms with Crippen molar-refractivity contribution in [3.63, 3.8) is 0 Å². The molecule has 0 spiro atoms. The molecular weight excluding hydrogens is 450 g/mol. The highest BCUT2D eigenvalue weighted by atomic mass is 35.5. The van der Waals surface area contributed by atoms with Gasteiger partial charge in [0.25, 0.3) is 0 Å². The minimum absolute atomic E-state index is 0.0313. The number of nitrogens with one attached hydrogen (secondary N) is 2. The summed E-state index contributed by atoms with van der Waals surface area (Å²) in [6.45, 7) is 1.81. The second kappa shape index (κ2) is 9.58. The van der Waals surface area contributed by atoms with Crippen LogP contribution >= 0.6 is 11.6 Å². The summed E-state index contributed by atoms with van der Waals surface area (Å²) >= 11 is 6.19. The van der Waals surface area contributed by atoms with Crippen molar-refractivity contribution < 1.29 is 14.7 Å². The molecule has 1 saturated heterocycles. The molecule has 0 unspecified atom stereocenters. The van der Waals surface area contributed by atoms with E-state index in [-0.39, 0.29) is 24.3 Å². The number of likely N-dealkylation sites (tertiary alicyclic amines) is 1. The lowest BCUT2D eigenvalue weighted by molar-refractivity contribution is -0.117. The van der Waals surface area contributed by atoms with Crippen LogP contribution in [-0.4, -0.2) is 47.4 Å². The quantitative estimate of drug-likeness (QED) is 0.381. The number of ketones is 1. The summed E-state index contributed by atoms with van der Waals surface area (Å²) < 4.78 is 0. The van der Waals surface area contributed by atoms with Gasteiger partial charge >= 0.3 is 0 Å². The Balaban J connectivity index is 1.16. The van der Waals surface area contributed by atoms with Crippen LogP contribution in [0.3, 0.4) is 0 Å². The van der Waals surface area contributed by atoms with E-state index in [0.29, 0.717) is 33.9 Å².